The van der Waals surface area contributed by atoms with Crippen LogP contribution in [-0.4, -0.2) is 39.3 Å². The molecule has 0 aliphatic carbocycles. The molecule has 124 valence electrons. The summed E-state index contributed by atoms with van der Waals surface area (Å²) in [5.74, 6) is 1.84. The van der Waals surface area contributed by atoms with Crippen LogP contribution in [0.15, 0.2) is 36.7 Å². The highest BCUT2D eigenvalue weighted by atomic mass is 16.5. The zero-order valence-electron chi connectivity index (χ0n) is 14.1. The van der Waals surface area contributed by atoms with E-state index in [4.69, 9.17) is 4.74 Å². The summed E-state index contributed by atoms with van der Waals surface area (Å²) < 4.78 is 7.25. The molecule has 5 nitrogen and oxygen atoms in total. The number of aryl methyl sites for hydroxylation is 1. The highest BCUT2D eigenvalue weighted by Crippen LogP contribution is 2.35. The van der Waals surface area contributed by atoms with E-state index < -0.39 is 5.60 Å². The summed E-state index contributed by atoms with van der Waals surface area (Å²) in [6.45, 7) is 3.67. The Labute approximate surface area is 137 Å². The minimum absolute atomic E-state index is 0.0904. The number of imidazole rings is 1. The van der Waals surface area contributed by atoms with Crippen molar-refractivity contribution in [2.24, 2.45) is 7.05 Å². The summed E-state index contributed by atoms with van der Waals surface area (Å²) in [5, 5.41) is 11.2. The molecule has 0 saturated carbocycles. The Morgan fingerprint density at radius 2 is 2.09 bits per heavy atom. The van der Waals surface area contributed by atoms with E-state index >= 15 is 0 Å². The van der Waals surface area contributed by atoms with Crippen LogP contribution in [0.5, 0.6) is 5.75 Å². The molecule has 2 atom stereocenters. The average molecular weight is 315 g/mol. The monoisotopic (exact) mass is 315 g/mol. The number of nitrogens with zero attached hydrogens (tertiary/aromatic N) is 3. The maximum atomic E-state index is 11.2. The van der Waals surface area contributed by atoms with Crippen molar-refractivity contribution < 1.29 is 9.84 Å². The van der Waals surface area contributed by atoms with Gasteiger partial charge in [0.1, 0.15) is 17.2 Å². The summed E-state index contributed by atoms with van der Waals surface area (Å²) in [4.78, 5) is 6.75. The van der Waals surface area contributed by atoms with Crippen molar-refractivity contribution in [2.45, 2.75) is 38.0 Å². The van der Waals surface area contributed by atoms with Crippen LogP contribution in [0.2, 0.25) is 0 Å². The maximum absolute atomic E-state index is 11.2. The van der Waals surface area contributed by atoms with Crippen LogP contribution in [0.4, 0.5) is 0 Å². The molecule has 1 N–H and O–H groups in total. The molecule has 1 aliphatic rings. The largest absolute Gasteiger partial charge is 0.497 e. The molecule has 2 heterocycles. The number of aromatic nitrogens is 2. The molecule has 3 rings (SSSR count). The Bertz CT molecular complexity index is 649. The summed E-state index contributed by atoms with van der Waals surface area (Å²) in [6, 6.07) is 7.81. The van der Waals surface area contributed by atoms with Gasteiger partial charge in [0, 0.05) is 25.5 Å². The second-order valence-electron chi connectivity index (χ2n) is 6.46. The van der Waals surface area contributed by atoms with E-state index in [1.165, 1.54) is 0 Å². The predicted octanol–water partition coefficient (Wildman–Crippen LogP) is 2.30. The highest BCUT2D eigenvalue weighted by Gasteiger charge is 2.40. The second kappa shape index (κ2) is 6.34. The van der Waals surface area contributed by atoms with E-state index in [0.717, 1.165) is 43.1 Å². The van der Waals surface area contributed by atoms with E-state index in [-0.39, 0.29) is 6.04 Å². The first-order valence-corrected chi connectivity index (χ1v) is 8.09. The maximum Gasteiger partial charge on any atom is 0.122 e. The van der Waals surface area contributed by atoms with Gasteiger partial charge in [-0.1, -0.05) is 12.1 Å². The molecule has 1 aliphatic heterocycles. The van der Waals surface area contributed by atoms with Crippen LogP contribution in [0.3, 0.4) is 0 Å². The predicted molar refractivity (Wildman–Crippen MR) is 89.2 cm³/mol. The van der Waals surface area contributed by atoms with Gasteiger partial charge in [-0.05, 0) is 44.0 Å². The van der Waals surface area contributed by atoms with Crippen LogP contribution in [0.1, 0.15) is 31.2 Å². The zero-order chi connectivity index (χ0) is 16.4. The number of aliphatic hydroxyl groups is 1. The molecule has 1 fully saturated rings. The average Bonchev–Trinajstić information content (AvgIpc) is 3.18. The van der Waals surface area contributed by atoms with Crippen molar-refractivity contribution in [3.05, 3.63) is 48.0 Å². The van der Waals surface area contributed by atoms with E-state index in [9.17, 15) is 5.11 Å². The molecule has 0 bridgehead atoms. The summed E-state index contributed by atoms with van der Waals surface area (Å²) in [5.41, 5.74) is 0.0311. The van der Waals surface area contributed by atoms with Crippen LogP contribution < -0.4 is 4.74 Å². The fourth-order valence-electron chi connectivity index (χ4n) is 3.50. The highest BCUT2D eigenvalue weighted by molar-refractivity contribution is 5.31. The van der Waals surface area contributed by atoms with Crippen molar-refractivity contribution >= 4 is 0 Å². The van der Waals surface area contributed by atoms with Crippen molar-refractivity contribution in [3.8, 4) is 5.75 Å². The third-order valence-corrected chi connectivity index (χ3v) is 4.95. The number of ether oxygens (including phenoxy) is 1. The lowest BCUT2D eigenvalue weighted by Gasteiger charge is -2.37. The first-order chi connectivity index (χ1) is 11.0. The van der Waals surface area contributed by atoms with Crippen LogP contribution >= 0.6 is 0 Å². The third kappa shape index (κ3) is 3.12. The van der Waals surface area contributed by atoms with Gasteiger partial charge < -0.3 is 14.4 Å². The van der Waals surface area contributed by atoms with E-state index in [1.54, 1.807) is 7.11 Å². The number of likely N-dealkylation sites (tertiary alicyclic amines) is 1. The van der Waals surface area contributed by atoms with Gasteiger partial charge in [-0.25, -0.2) is 4.98 Å². The molecule has 0 radical (unpaired) electrons. The quantitative estimate of drug-likeness (QED) is 0.920. The molecular formula is C18H25N3O2. The van der Waals surface area contributed by atoms with Gasteiger partial charge in [0.25, 0.3) is 0 Å². The molecule has 0 unspecified atom stereocenters. The minimum atomic E-state index is -0.895. The van der Waals surface area contributed by atoms with Gasteiger partial charge in [0.2, 0.25) is 0 Å². The fourth-order valence-corrected chi connectivity index (χ4v) is 3.50. The number of hydrogen-bond acceptors (Lipinski definition) is 4. The first-order valence-electron chi connectivity index (χ1n) is 8.09. The molecule has 1 aromatic heterocycles. The molecular weight excluding hydrogens is 290 g/mol. The van der Waals surface area contributed by atoms with E-state index in [0.29, 0.717) is 0 Å². The Kier molecular flexibility index (Phi) is 4.41. The van der Waals surface area contributed by atoms with Crippen molar-refractivity contribution in [3.63, 3.8) is 0 Å². The Balaban J connectivity index is 1.80. The van der Waals surface area contributed by atoms with Gasteiger partial charge in [-0.2, -0.15) is 0 Å². The second-order valence-corrected chi connectivity index (χ2v) is 6.46. The van der Waals surface area contributed by atoms with Crippen molar-refractivity contribution in [1.29, 1.82) is 0 Å². The summed E-state index contributed by atoms with van der Waals surface area (Å²) >= 11 is 0. The lowest BCUT2D eigenvalue weighted by molar-refractivity contribution is -0.0263. The van der Waals surface area contributed by atoms with Gasteiger partial charge in [0.15, 0.2) is 0 Å². The number of rotatable bonds is 5. The Hall–Kier alpha value is -1.85. The van der Waals surface area contributed by atoms with Crippen LogP contribution in [0, 0.1) is 0 Å². The molecule has 0 amide bonds. The van der Waals surface area contributed by atoms with E-state index in [2.05, 4.69) is 9.88 Å². The normalized spacial score (nSPS) is 21.3. The van der Waals surface area contributed by atoms with Gasteiger partial charge in [-0.15, -0.1) is 0 Å². The molecule has 23 heavy (non-hydrogen) atoms. The standard InChI is InChI=1S/C18H25N3O2/c1-18(22,14-6-8-15(23-3)9-7-14)16-5-4-11-21(16)13-17-19-10-12-20(17)2/h6-10,12,16,22H,4-5,11,13H2,1-3H3/t16-,18-/m0/s1. The Morgan fingerprint density at radius 3 is 2.70 bits per heavy atom. The molecule has 1 aromatic carbocycles. The lowest BCUT2D eigenvalue weighted by Crippen LogP contribution is -2.45. The number of hydrogen-bond donors (Lipinski definition) is 1. The van der Waals surface area contributed by atoms with E-state index in [1.807, 2.05) is 55.2 Å². The van der Waals surface area contributed by atoms with Gasteiger partial charge in [-0.3, -0.25) is 4.90 Å². The summed E-state index contributed by atoms with van der Waals surface area (Å²) in [6.07, 6.45) is 5.87. The SMILES string of the molecule is COc1ccc([C@](C)(O)[C@@H]2CCCN2Cc2nccn2C)cc1. The molecule has 0 spiro atoms. The molecule has 2 aromatic rings. The van der Waals surface area contributed by atoms with Gasteiger partial charge in [0.05, 0.1) is 13.7 Å². The van der Waals surface area contributed by atoms with Crippen LogP contribution in [-0.2, 0) is 19.2 Å². The summed E-state index contributed by atoms with van der Waals surface area (Å²) in [7, 11) is 3.66. The first kappa shape index (κ1) is 16.0. The zero-order valence-corrected chi connectivity index (χ0v) is 14.1. The molecule has 1 saturated heterocycles. The molecule has 5 heteroatoms. The number of methoxy groups -OCH3 is 1. The topological polar surface area (TPSA) is 50.5 Å². The van der Waals surface area contributed by atoms with Crippen molar-refractivity contribution in [2.75, 3.05) is 13.7 Å². The third-order valence-electron chi connectivity index (χ3n) is 4.95. The minimum Gasteiger partial charge on any atom is -0.497 e. The Morgan fingerprint density at radius 1 is 1.35 bits per heavy atom. The lowest BCUT2D eigenvalue weighted by atomic mass is 9.86. The van der Waals surface area contributed by atoms with Crippen molar-refractivity contribution in [1.82, 2.24) is 14.5 Å². The smallest absolute Gasteiger partial charge is 0.122 e. The van der Waals surface area contributed by atoms with Gasteiger partial charge >= 0.3 is 0 Å². The number of benzene rings is 1. The fraction of sp³-hybridized carbons (Fsp3) is 0.500. The van der Waals surface area contributed by atoms with Crippen LogP contribution in [0.25, 0.3) is 0 Å².